The molecule has 3 heteroatoms. The highest BCUT2D eigenvalue weighted by atomic mass is 19.2. The normalized spacial score (nSPS) is 20.1. The molecule has 0 heterocycles. The first-order valence-electron chi connectivity index (χ1n) is 7.83. The van der Waals surface area contributed by atoms with Gasteiger partial charge in [0.15, 0.2) is 11.6 Å². The summed E-state index contributed by atoms with van der Waals surface area (Å²) >= 11 is 0. The molecule has 0 radical (unpaired) electrons. The number of benzene rings is 1. The molecule has 0 atom stereocenters. The van der Waals surface area contributed by atoms with Crippen LogP contribution in [0, 0.1) is 23.5 Å². The molecule has 3 rings (SSSR count). The van der Waals surface area contributed by atoms with E-state index in [9.17, 15) is 8.78 Å². The fourth-order valence-corrected chi connectivity index (χ4v) is 3.23. The molecule has 0 amide bonds. The fraction of sp³-hybridized carbons (Fsp3) is 0.647. The smallest absolute Gasteiger partial charge is 0.200 e. The molecule has 0 bridgehead atoms. The maximum absolute atomic E-state index is 14.0. The van der Waals surface area contributed by atoms with E-state index in [1.807, 2.05) is 0 Å². The Morgan fingerprint density at radius 3 is 2.25 bits per heavy atom. The van der Waals surface area contributed by atoms with Crippen LogP contribution < -0.4 is 4.74 Å². The van der Waals surface area contributed by atoms with Crippen molar-refractivity contribution < 1.29 is 13.5 Å². The number of halogens is 2. The minimum Gasteiger partial charge on any atom is -0.490 e. The topological polar surface area (TPSA) is 9.23 Å². The van der Waals surface area contributed by atoms with E-state index in [4.69, 9.17) is 4.74 Å². The Kier molecular flexibility index (Phi) is 4.23. The minimum atomic E-state index is -0.806. The van der Waals surface area contributed by atoms with E-state index < -0.39 is 11.6 Å². The first kappa shape index (κ1) is 13.8. The predicted molar refractivity (Wildman–Crippen MR) is 74.9 cm³/mol. The van der Waals surface area contributed by atoms with Crippen molar-refractivity contribution in [2.75, 3.05) is 6.61 Å². The molecule has 0 aromatic heterocycles. The SMILES string of the molecule is Fc1c(CC2CCC2)ccc(OCC2CCCC2)c1F. The Morgan fingerprint density at radius 2 is 1.60 bits per heavy atom. The number of ether oxygens (including phenoxy) is 1. The van der Waals surface area contributed by atoms with E-state index in [-0.39, 0.29) is 5.75 Å². The molecule has 2 aliphatic carbocycles. The Labute approximate surface area is 119 Å². The van der Waals surface area contributed by atoms with Crippen molar-refractivity contribution in [1.82, 2.24) is 0 Å². The van der Waals surface area contributed by atoms with Crippen molar-refractivity contribution in [1.29, 1.82) is 0 Å². The Morgan fingerprint density at radius 1 is 0.900 bits per heavy atom. The first-order chi connectivity index (χ1) is 9.74. The zero-order chi connectivity index (χ0) is 13.9. The molecule has 0 saturated heterocycles. The van der Waals surface area contributed by atoms with E-state index in [0.717, 1.165) is 25.7 Å². The van der Waals surface area contributed by atoms with Crippen LogP contribution in [0.25, 0.3) is 0 Å². The number of rotatable bonds is 5. The summed E-state index contributed by atoms with van der Waals surface area (Å²) in [5.41, 5.74) is 0.500. The van der Waals surface area contributed by atoms with E-state index in [1.54, 1.807) is 12.1 Å². The van der Waals surface area contributed by atoms with Crippen LogP contribution in [-0.2, 0) is 6.42 Å². The second-order valence-electron chi connectivity index (χ2n) is 6.31. The summed E-state index contributed by atoms with van der Waals surface area (Å²) in [5.74, 6) is -0.395. The average Bonchev–Trinajstić information content (AvgIpc) is 2.90. The lowest BCUT2D eigenvalue weighted by atomic mass is 9.81. The molecule has 1 aromatic rings. The van der Waals surface area contributed by atoms with E-state index in [1.165, 1.54) is 19.3 Å². The van der Waals surface area contributed by atoms with Crippen molar-refractivity contribution in [3.63, 3.8) is 0 Å². The molecule has 1 nitrogen and oxygen atoms in total. The summed E-state index contributed by atoms with van der Waals surface area (Å²) in [5, 5.41) is 0. The highest BCUT2D eigenvalue weighted by molar-refractivity contribution is 5.31. The monoisotopic (exact) mass is 280 g/mol. The zero-order valence-electron chi connectivity index (χ0n) is 11.8. The lowest BCUT2D eigenvalue weighted by Crippen LogP contribution is -2.15. The summed E-state index contributed by atoms with van der Waals surface area (Å²) < 4.78 is 33.5. The third-order valence-corrected chi connectivity index (χ3v) is 4.81. The molecule has 0 N–H and O–H groups in total. The van der Waals surface area contributed by atoms with Crippen molar-refractivity contribution in [3.05, 3.63) is 29.3 Å². The second kappa shape index (κ2) is 6.11. The maximum atomic E-state index is 14.0. The largest absolute Gasteiger partial charge is 0.490 e. The Bertz CT molecular complexity index is 462. The predicted octanol–water partition coefficient (Wildman–Crippen LogP) is 4.88. The van der Waals surface area contributed by atoms with Crippen molar-refractivity contribution in [2.45, 2.75) is 51.4 Å². The van der Waals surface area contributed by atoms with Crippen LogP contribution in [0.2, 0.25) is 0 Å². The molecule has 0 aliphatic heterocycles. The first-order valence-corrected chi connectivity index (χ1v) is 7.83. The molecular weight excluding hydrogens is 258 g/mol. The van der Waals surface area contributed by atoms with Crippen molar-refractivity contribution in [2.24, 2.45) is 11.8 Å². The fourth-order valence-electron chi connectivity index (χ4n) is 3.23. The summed E-state index contributed by atoms with van der Waals surface area (Å²) in [7, 11) is 0. The van der Waals surface area contributed by atoms with Gasteiger partial charge >= 0.3 is 0 Å². The Balaban J connectivity index is 1.63. The molecule has 2 saturated carbocycles. The summed E-state index contributed by atoms with van der Waals surface area (Å²) in [6.07, 6.45) is 8.90. The van der Waals surface area contributed by atoms with Crippen molar-refractivity contribution >= 4 is 0 Å². The number of hydrogen-bond donors (Lipinski definition) is 0. The molecule has 110 valence electrons. The lowest BCUT2D eigenvalue weighted by Gasteiger charge is -2.25. The molecule has 0 unspecified atom stereocenters. The van der Waals surface area contributed by atoms with E-state index >= 15 is 0 Å². The van der Waals surface area contributed by atoms with Gasteiger partial charge in [0.05, 0.1) is 6.61 Å². The van der Waals surface area contributed by atoms with Gasteiger partial charge in [0.25, 0.3) is 0 Å². The molecule has 1 aromatic carbocycles. The maximum Gasteiger partial charge on any atom is 0.200 e. The van der Waals surface area contributed by atoms with Gasteiger partial charge in [-0.3, -0.25) is 0 Å². The molecule has 20 heavy (non-hydrogen) atoms. The van der Waals surface area contributed by atoms with Crippen LogP contribution in [0.5, 0.6) is 5.75 Å². The Hall–Kier alpha value is -1.12. The van der Waals surface area contributed by atoms with E-state index in [0.29, 0.717) is 30.4 Å². The summed E-state index contributed by atoms with van der Waals surface area (Å²) in [4.78, 5) is 0. The van der Waals surface area contributed by atoms with Gasteiger partial charge in [-0.05, 0) is 42.7 Å². The quantitative estimate of drug-likeness (QED) is 0.747. The van der Waals surface area contributed by atoms with Crippen LogP contribution in [0.1, 0.15) is 50.5 Å². The van der Waals surface area contributed by atoms with Crippen LogP contribution >= 0.6 is 0 Å². The number of hydrogen-bond acceptors (Lipinski definition) is 1. The van der Waals surface area contributed by atoms with Crippen molar-refractivity contribution in [3.8, 4) is 5.75 Å². The minimum absolute atomic E-state index is 0.0757. The van der Waals surface area contributed by atoms with Crippen LogP contribution in [0.4, 0.5) is 8.78 Å². The average molecular weight is 280 g/mol. The van der Waals surface area contributed by atoms with Gasteiger partial charge in [-0.15, -0.1) is 0 Å². The standard InChI is InChI=1S/C17H22F2O/c18-16-14(10-12-6-3-7-12)8-9-15(17(16)19)20-11-13-4-1-2-5-13/h8-9,12-13H,1-7,10-11H2. The second-order valence-corrected chi connectivity index (χ2v) is 6.31. The van der Waals surface area contributed by atoms with Gasteiger partial charge in [-0.2, -0.15) is 4.39 Å². The van der Waals surface area contributed by atoms with Gasteiger partial charge in [0, 0.05) is 0 Å². The third kappa shape index (κ3) is 2.97. The van der Waals surface area contributed by atoms with Gasteiger partial charge < -0.3 is 4.74 Å². The van der Waals surface area contributed by atoms with E-state index in [2.05, 4.69) is 0 Å². The summed E-state index contributed by atoms with van der Waals surface area (Å²) in [6, 6.07) is 3.29. The van der Waals surface area contributed by atoms with Crippen LogP contribution in [-0.4, -0.2) is 6.61 Å². The van der Waals surface area contributed by atoms with Gasteiger partial charge in [-0.25, -0.2) is 4.39 Å². The molecular formula is C17H22F2O. The molecule has 2 aliphatic rings. The van der Waals surface area contributed by atoms with Crippen LogP contribution in [0.15, 0.2) is 12.1 Å². The third-order valence-electron chi connectivity index (χ3n) is 4.81. The highest BCUT2D eigenvalue weighted by Crippen LogP contribution is 2.33. The van der Waals surface area contributed by atoms with Gasteiger partial charge in [-0.1, -0.05) is 38.2 Å². The van der Waals surface area contributed by atoms with Gasteiger partial charge in [0.1, 0.15) is 0 Å². The van der Waals surface area contributed by atoms with Gasteiger partial charge in [0.2, 0.25) is 5.82 Å². The molecule has 2 fully saturated rings. The lowest BCUT2D eigenvalue weighted by molar-refractivity contribution is 0.238. The van der Waals surface area contributed by atoms with Crippen LogP contribution in [0.3, 0.4) is 0 Å². The molecule has 0 spiro atoms. The summed E-state index contributed by atoms with van der Waals surface area (Å²) in [6.45, 7) is 0.512. The zero-order valence-corrected chi connectivity index (χ0v) is 11.8. The highest BCUT2D eigenvalue weighted by Gasteiger charge is 2.22.